The minimum Gasteiger partial charge on any atom is -0.467 e. The molecule has 1 fully saturated rings. The minimum atomic E-state index is -0.167. The van der Waals surface area contributed by atoms with Crippen molar-refractivity contribution in [3.8, 4) is 0 Å². The Hall–Kier alpha value is -1.96. The Morgan fingerprint density at radius 1 is 1.42 bits per heavy atom. The van der Waals surface area contributed by atoms with Crippen LogP contribution in [0, 0.1) is 5.92 Å². The highest BCUT2D eigenvalue weighted by Gasteiger charge is 2.17. The van der Waals surface area contributed by atoms with Crippen molar-refractivity contribution in [1.82, 2.24) is 20.2 Å². The molecule has 26 heavy (non-hydrogen) atoms. The molecule has 0 aliphatic heterocycles. The summed E-state index contributed by atoms with van der Waals surface area (Å²) in [7, 11) is 0. The summed E-state index contributed by atoms with van der Waals surface area (Å²) >= 11 is 1.30. The van der Waals surface area contributed by atoms with E-state index in [1.54, 1.807) is 12.3 Å². The van der Waals surface area contributed by atoms with Gasteiger partial charge in [-0.05, 0) is 31.4 Å². The normalized spacial score (nSPS) is 16.5. The van der Waals surface area contributed by atoms with Crippen LogP contribution in [-0.2, 0) is 11.2 Å². The summed E-state index contributed by atoms with van der Waals surface area (Å²) in [4.78, 5) is 12.1. The van der Waals surface area contributed by atoms with Crippen molar-refractivity contribution in [3.63, 3.8) is 0 Å². The van der Waals surface area contributed by atoms with Gasteiger partial charge in [0.15, 0.2) is 5.82 Å². The summed E-state index contributed by atoms with van der Waals surface area (Å²) < 4.78 is 6.81. The Bertz CT molecular complexity index is 695. The summed E-state index contributed by atoms with van der Waals surface area (Å²) in [6.07, 6.45) is 10.2. The minimum absolute atomic E-state index is 0.0920. The number of aryl methyl sites for hydroxylation is 1. The van der Waals surface area contributed by atoms with E-state index in [-0.39, 0.29) is 17.7 Å². The van der Waals surface area contributed by atoms with E-state index in [9.17, 15) is 4.79 Å². The highest BCUT2D eigenvalue weighted by Crippen LogP contribution is 2.27. The van der Waals surface area contributed by atoms with Crippen LogP contribution in [-0.4, -0.2) is 26.5 Å². The predicted octanol–water partition coefficient (Wildman–Crippen LogP) is 3.07. The second kappa shape index (κ2) is 9.12. The maximum Gasteiger partial charge on any atom is 0.231 e. The molecule has 0 bridgehead atoms. The second-order valence-electron chi connectivity index (χ2n) is 6.90. The lowest BCUT2D eigenvalue weighted by atomic mass is 9.86. The SMILES string of the molecule is C[C@@H](NC(=O)CSc1nnc(CCC2CCCCC2)n1N)c1ccco1. The number of nitrogen functional groups attached to an aromatic ring is 1. The van der Waals surface area contributed by atoms with Crippen LogP contribution in [0.15, 0.2) is 28.0 Å². The molecule has 0 unspecified atom stereocenters. The summed E-state index contributed by atoms with van der Waals surface area (Å²) in [5.74, 6) is 8.56. The predicted molar refractivity (Wildman–Crippen MR) is 101 cm³/mol. The van der Waals surface area contributed by atoms with Gasteiger partial charge in [0.25, 0.3) is 0 Å². The van der Waals surface area contributed by atoms with E-state index in [0.29, 0.717) is 5.16 Å². The summed E-state index contributed by atoms with van der Waals surface area (Å²) in [6.45, 7) is 1.89. The number of carbonyl (C=O) groups excluding carboxylic acids is 1. The molecule has 0 spiro atoms. The second-order valence-corrected chi connectivity index (χ2v) is 7.85. The Labute approximate surface area is 158 Å². The van der Waals surface area contributed by atoms with Gasteiger partial charge in [-0.2, -0.15) is 0 Å². The molecule has 3 N–H and O–H groups in total. The number of amides is 1. The fourth-order valence-corrected chi connectivity index (χ4v) is 4.09. The third kappa shape index (κ3) is 5.03. The van der Waals surface area contributed by atoms with Gasteiger partial charge < -0.3 is 15.6 Å². The van der Waals surface area contributed by atoms with E-state index in [1.165, 1.54) is 48.5 Å². The Morgan fingerprint density at radius 3 is 2.96 bits per heavy atom. The molecular weight excluding hydrogens is 350 g/mol. The van der Waals surface area contributed by atoms with Crippen molar-refractivity contribution in [1.29, 1.82) is 0 Å². The molecule has 1 aliphatic carbocycles. The average molecular weight is 378 g/mol. The van der Waals surface area contributed by atoms with E-state index >= 15 is 0 Å². The van der Waals surface area contributed by atoms with Crippen LogP contribution >= 0.6 is 11.8 Å². The maximum absolute atomic E-state index is 12.1. The van der Waals surface area contributed by atoms with Crippen LogP contribution < -0.4 is 11.2 Å². The molecule has 2 heterocycles. The Kier molecular flexibility index (Phi) is 6.60. The van der Waals surface area contributed by atoms with Gasteiger partial charge in [0, 0.05) is 6.42 Å². The monoisotopic (exact) mass is 377 g/mol. The van der Waals surface area contributed by atoms with Crippen molar-refractivity contribution in [2.75, 3.05) is 11.6 Å². The number of nitrogens with zero attached hydrogens (tertiary/aromatic N) is 3. The highest BCUT2D eigenvalue weighted by atomic mass is 32.2. The Balaban J connectivity index is 1.44. The number of nitrogens with two attached hydrogens (primary N) is 1. The van der Waals surface area contributed by atoms with Crippen molar-refractivity contribution in [2.45, 2.75) is 63.1 Å². The molecule has 0 saturated heterocycles. The van der Waals surface area contributed by atoms with Gasteiger partial charge >= 0.3 is 0 Å². The number of hydrogen-bond donors (Lipinski definition) is 2. The molecule has 3 rings (SSSR count). The molecule has 0 aromatic carbocycles. The van der Waals surface area contributed by atoms with E-state index < -0.39 is 0 Å². The molecule has 1 amide bonds. The summed E-state index contributed by atoms with van der Waals surface area (Å²) in [6, 6.07) is 3.48. The molecule has 2 aromatic heterocycles. The number of aromatic nitrogens is 3. The van der Waals surface area contributed by atoms with Gasteiger partial charge in [-0.1, -0.05) is 43.9 Å². The lowest BCUT2D eigenvalue weighted by molar-refractivity contribution is -0.119. The molecule has 1 aliphatic rings. The fourth-order valence-electron chi connectivity index (χ4n) is 3.41. The van der Waals surface area contributed by atoms with E-state index in [0.717, 1.165) is 30.3 Å². The third-order valence-corrected chi connectivity index (χ3v) is 5.86. The van der Waals surface area contributed by atoms with Gasteiger partial charge in [0.05, 0.1) is 18.1 Å². The first-order valence-corrected chi connectivity index (χ1v) is 10.3. The van der Waals surface area contributed by atoms with Gasteiger partial charge in [0.1, 0.15) is 5.76 Å². The van der Waals surface area contributed by atoms with E-state index in [2.05, 4.69) is 15.5 Å². The molecule has 0 radical (unpaired) electrons. The zero-order valence-corrected chi connectivity index (χ0v) is 16.0. The molecular formula is C18H27N5O2S. The van der Waals surface area contributed by atoms with Gasteiger partial charge in [-0.25, -0.2) is 4.68 Å². The zero-order chi connectivity index (χ0) is 18.4. The first-order valence-electron chi connectivity index (χ1n) is 9.28. The van der Waals surface area contributed by atoms with E-state index in [1.807, 2.05) is 13.0 Å². The summed E-state index contributed by atoms with van der Waals surface area (Å²) in [5, 5.41) is 11.8. The van der Waals surface area contributed by atoms with Crippen LogP contribution in [0.5, 0.6) is 0 Å². The average Bonchev–Trinajstić information content (AvgIpc) is 3.30. The van der Waals surface area contributed by atoms with Crippen LogP contribution in [0.1, 0.15) is 63.1 Å². The van der Waals surface area contributed by atoms with Gasteiger partial charge in [-0.3, -0.25) is 4.79 Å². The molecule has 8 heteroatoms. The number of hydrogen-bond acceptors (Lipinski definition) is 6. The van der Waals surface area contributed by atoms with Crippen molar-refractivity contribution in [3.05, 3.63) is 30.0 Å². The first-order chi connectivity index (χ1) is 12.6. The van der Waals surface area contributed by atoms with Crippen molar-refractivity contribution < 1.29 is 9.21 Å². The number of rotatable bonds is 8. The zero-order valence-electron chi connectivity index (χ0n) is 15.2. The van der Waals surface area contributed by atoms with Crippen LogP contribution in [0.4, 0.5) is 0 Å². The number of thioether (sulfide) groups is 1. The largest absolute Gasteiger partial charge is 0.467 e. The number of carbonyl (C=O) groups is 1. The Morgan fingerprint density at radius 2 is 2.23 bits per heavy atom. The van der Waals surface area contributed by atoms with Crippen molar-refractivity contribution in [2.24, 2.45) is 5.92 Å². The lowest BCUT2D eigenvalue weighted by Crippen LogP contribution is -2.28. The van der Waals surface area contributed by atoms with Crippen LogP contribution in [0.3, 0.4) is 0 Å². The molecule has 1 atom stereocenters. The smallest absolute Gasteiger partial charge is 0.231 e. The van der Waals surface area contributed by atoms with Gasteiger partial charge in [0.2, 0.25) is 11.1 Å². The van der Waals surface area contributed by atoms with Crippen LogP contribution in [0.2, 0.25) is 0 Å². The highest BCUT2D eigenvalue weighted by molar-refractivity contribution is 7.99. The first kappa shape index (κ1) is 18.8. The van der Waals surface area contributed by atoms with E-state index in [4.69, 9.17) is 10.3 Å². The van der Waals surface area contributed by atoms with Gasteiger partial charge in [-0.15, -0.1) is 10.2 Å². The number of nitrogens with one attached hydrogen (secondary N) is 1. The summed E-state index contributed by atoms with van der Waals surface area (Å²) in [5.41, 5.74) is 0. The molecule has 1 saturated carbocycles. The standard InChI is InChI=1S/C18H27N5O2S/c1-13(15-8-5-11-25-15)20-17(24)12-26-18-22-21-16(23(18)19)10-9-14-6-3-2-4-7-14/h5,8,11,13-14H,2-4,6-7,9-10,12,19H2,1H3,(H,20,24)/t13-/m1/s1. The topological polar surface area (TPSA) is 99.0 Å². The number of furan rings is 1. The van der Waals surface area contributed by atoms with Crippen molar-refractivity contribution >= 4 is 17.7 Å². The third-order valence-electron chi connectivity index (χ3n) is 4.92. The quantitative estimate of drug-likeness (QED) is 0.542. The lowest BCUT2D eigenvalue weighted by Gasteiger charge is -2.20. The molecule has 7 nitrogen and oxygen atoms in total. The molecule has 2 aromatic rings. The fraction of sp³-hybridized carbons (Fsp3) is 0.611. The molecule has 142 valence electrons. The van der Waals surface area contributed by atoms with Crippen LogP contribution in [0.25, 0.3) is 0 Å². The maximum atomic E-state index is 12.1.